The first-order chi connectivity index (χ1) is 10.2. The highest BCUT2D eigenvalue weighted by molar-refractivity contribution is 9.11. The molecule has 3 aromatic rings. The molecule has 1 aromatic heterocycles. The van der Waals surface area contributed by atoms with Crippen molar-refractivity contribution < 1.29 is 0 Å². The van der Waals surface area contributed by atoms with Crippen molar-refractivity contribution in [2.45, 2.75) is 6.92 Å². The van der Waals surface area contributed by atoms with Gasteiger partial charge in [-0.2, -0.15) is 0 Å². The highest BCUT2D eigenvalue weighted by Gasteiger charge is 2.09. The standard InChI is InChI=1S/C19H16BrN/c1-3-15(20)13-12-14(2)21-18-10-6-4-8-16(18)17-9-5-7-11-19(17)21/h3-13H,1H2,2H3. The maximum atomic E-state index is 3.75. The fourth-order valence-electron chi connectivity index (χ4n) is 2.65. The molecule has 0 aliphatic carbocycles. The Morgan fingerprint density at radius 2 is 1.48 bits per heavy atom. The summed E-state index contributed by atoms with van der Waals surface area (Å²) in [5.41, 5.74) is 3.64. The molecular formula is C19H16BrN. The molecule has 1 nitrogen and oxygen atoms in total. The molecule has 0 radical (unpaired) electrons. The van der Waals surface area contributed by atoms with Crippen molar-refractivity contribution in [3.8, 4) is 0 Å². The lowest BCUT2D eigenvalue weighted by molar-refractivity contribution is 1.20. The number of hydrogen-bond acceptors (Lipinski definition) is 0. The van der Waals surface area contributed by atoms with Gasteiger partial charge in [0.15, 0.2) is 0 Å². The van der Waals surface area contributed by atoms with Crippen molar-refractivity contribution in [2.75, 3.05) is 0 Å². The van der Waals surface area contributed by atoms with E-state index in [9.17, 15) is 0 Å². The summed E-state index contributed by atoms with van der Waals surface area (Å²) in [5.74, 6) is 0. The van der Waals surface area contributed by atoms with E-state index in [1.807, 2.05) is 6.08 Å². The van der Waals surface area contributed by atoms with Crippen LogP contribution in [0.15, 0.2) is 77.8 Å². The molecule has 104 valence electrons. The van der Waals surface area contributed by atoms with Crippen LogP contribution in [-0.4, -0.2) is 4.57 Å². The van der Waals surface area contributed by atoms with E-state index in [-0.39, 0.29) is 0 Å². The van der Waals surface area contributed by atoms with E-state index in [0.29, 0.717) is 0 Å². The fourth-order valence-corrected chi connectivity index (χ4v) is 2.78. The van der Waals surface area contributed by atoms with Gasteiger partial charge in [-0.1, -0.05) is 65.0 Å². The van der Waals surface area contributed by atoms with Gasteiger partial charge in [0, 0.05) is 21.0 Å². The van der Waals surface area contributed by atoms with Crippen molar-refractivity contribution in [3.63, 3.8) is 0 Å². The van der Waals surface area contributed by atoms with Crippen molar-refractivity contribution in [2.24, 2.45) is 0 Å². The van der Waals surface area contributed by atoms with Gasteiger partial charge in [-0.05, 0) is 31.2 Å². The predicted octanol–water partition coefficient (Wildman–Crippen LogP) is 6.12. The van der Waals surface area contributed by atoms with E-state index in [2.05, 4.69) is 88.6 Å². The molecule has 0 saturated carbocycles. The summed E-state index contributed by atoms with van der Waals surface area (Å²) < 4.78 is 3.27. The number of fused-ring (bicyclic) bond motifs is 3. The Balaban J connectivity index is 2.32. The van der Waals surface area contributed by atoms with Crippen LogP contribution in [0.3, 0.4) is 0 Å². The number of para-hydroxylation sites is 2. The summed E-state index contributed by atoms with van der Waals surface area (Å²) in [5, 5.41) is 2.57. The van der Waals surface area contributed by atoms with Crippen LogP contribution >= 0.6 is 15.9 Å². The first kappa shape index (κ1) is 13.9. The average molecular weight is 338 g/mol. The SMILES string of the molecule is C=CC(Br)=CC=C(C)n1c2ccccc2c2ccccc21. The van der Waals surface area contributed by atoms with Crippen LogP contribution in [0.25, 0.3) is 27.5 Å². The lowest BCUT2D eigenvalue weighted by atomic mass is 10.2. The largest absolute Gasteiger partial charge is 0.313 e. The van der Waals surface area contributed by atoms with Crippen LogP contribution in [0.4, 0.5) is 0 Å². The van der Waals surface area contributed by atoms with Crippen LogP contribution in [0, 0.1) is 0 Å². The van der Waals surface area contributed by atoms with Crippen LogP contribution in [0.1, 0.15) is 6.92 Å². The summed E-state index contributed by atoms with van der Waals surface area (Å²) in [6.07, 6.45) is 5.91. The van der Waals surface area contributed by atoms with E-state index < -0.39 is 0 Å². The van der Waals surface area contributed by atoms with Crippen LogP contribution in [0.2, 0.25) is 0 Å². The first-order valence-electron chi connectivity index (χ1n) is 6.87. The zero-order valence-corrected chi connectivity index (χ0v) is 13.5. The number of allylic oxidation sites excluding steroid dienone is 5. The van der Waals surface area contributed by atoms with Crippen molar-refractivity contribution >= 4 is 43.4 Å². The molecule has 21 heavy (non-hydrogen) atoms. The Morgan fingerprint density at radius 1 is 0.952 bits per heavy atom. The van der Waals surface area contributed by atoms with Crippen LogP contribution < -0.4 is 0 Å². The summed E-state index contributed by atoms with van der Waals surface area (Å²) in [7, 11) is 0. The molecule has 0 amide bonds. The monoisotopic (exact) mass is 337 g/mol. The van der Waals surface area contributed by atoms with Gasteiger partial charge in [-0.3, -0.25) is 0 Å². The van der Waals surface area contributed by atoms with Gasteiger partial charge in [-0.15, -0.1) is 0 Å². The second-order valence-corrected chi connectivity index (χ2v) is 5.85. The summed E-state index contributed by atoms with van der Waals surface area (Å²) >= 11 is 3.46. The molecule has 1 heterocycles. The smallest absolute Gasteiger partial charge is 0.0537 e. The summed E-state index contributed by atoms with van der Waals surface area (Å²) in [6, 6.07) is 17.0. The van der Waals surface area contributed by atoms with Crippen LogP contribution in [-0.2, 0) is 0 Å². The number of benzene rings is 2. The van der Waals surface area contributed by atoms with Crippen molar-refractivity contribution in [1.29, 1.82) is 0 Å². The van der Waals surface area contributed by atoms with Gasteiger partial charge in [0.1, 0.15) is 0 Å². The van der Waals surface area contributed by atoms with Gasteiger partial charge in [0.25, 0.3) is 0 Å². The molecule has 0 atom stereocenters. The highest BCUT2D eigenvalue weighted by Crippen LogP contribution is 2.31. The third kappa shape index (κ3) is 2.47. The molecule has 2 aromatic carbocycles. The Morgan fingerprint density at radius 3 is 2.00 bits per heavy atom. The molecule has 0 saturated heterocycles. The minimum absolute atomic E-state index is 0.975. The molecular weight excluding hydrogens is 322 g/mol. The number of hydrogen-bond donors (Lipinski definition) is 0. The third-order valence-corrected chi connectivity index (χ3v) is 4.20. The zero-order valence-electron chi connectivity index (χ0n) is 11.9. The summed E-state index contributed by atoms with van der Waals surface area (Å²) in [4.78, 5) is 0. The Bertz CT molecular complexity index is 828. The van der Waals surface area contributed by atoms with Gasteiger partial charge in [0.05, 0.1) is 11.0 Å². The molecule has 0 fully saturated rings. The van der Waals surface area contributed by atoms with Gasteiger partial charge >= 0.3 is 0 Å². The molecule has 0 bridgehead atoms. The van der Waals surface area contributed by atoms with Crippen molar-refractivity contribution in [1.82, 2.24) is 4.57 Å². The lowest BCUT2D eigenvalue weighted by Gasteiger charge is -2.07. The molecule has 0 spiro atoms. The minimum Gasteiger partial charge on any atom is -0.313 e. The second kappa shape index (κ2) is 5.74. The topological polar surface area (TPSA) is 4.93 Å². The van der Waals surface area contributed by atoms with Gasteiger partial charge < -0.3 is 4.57 Å². The van der Waals surface area contributed by atoms with Crippen LogP contribution in [0.5, 0.6) is 0 Å². The zero-order chi connectivity index (χ0) is 14.8. The molecule has 0 aliphatic heterocycles. The van der Waals surface area contributed by atoms with E-state index in [1.165, 1.54) is 27.5 Å². The number of aromatic nitrogens is 1. The van der Waals surface area contributed by atoms with E-state index in [1.54, 1.807) is 6.08 Å². The molecule has 2 heteroatoms. The second-order valence-electron chi connectivity index (χ2n) is 4.93. The first-order valence-corrected chi connectivity index (χ1v) is 7.67. The predicted molar refractivity (Wildman–Crippen MR) is 96.6 cm³/mol. The quantitative estimate of drug-likeness (QED) is 0.507. The van der Waals surface area contributed by atoms with E-state index in [0.717, 1.165) is 4.48 Å². The van der Waals surface area contributed by atoms with Crippen molar-refractivity contribution in [3.05, 3.63) is 77.8 Å². The lowest BCUT2D eigenvalue weighted by Crippen LogP contribution is -1.92. The molecule has 3 rings (SSSR count). The van der Waals surface area contributed by atoms with E-state index in [4.69, 9.17) is 0 Å². The maximum absolute atomic E-state index is 3.75. The molecule has 0 unspecified atom stereocenters. The third-order valence-electron chi connectivity index (χ3n) is 3.61. The highest BCUT2D eigenvalue weighted by atomic mass is 79.9. The molecule has 0 N–H and O–H groups in total. The fraction of sp³-hybridized carbons (Fsp3) is 0.0526. The number of nitrogens with zero attached hydrogens (tertiary/aromatic N) is 1. The minimum atomic E-state index is 0.975. The van der Waals surface area contributed by atoms with Gasteiger partial charge in [0.2, 0.25) is 0 Å². The van der Waals surface area contributed by atoms with Gasteiger partial charge in [-0.25, -0.2) is 0 Å². The Kier molecular flexibility index (Phi) is 3.80. The normalized spacial score (nSPS) is 13.0. The Labute approximate surface area is 133 Å². The number of halogens is 1. The average Bonchev–Trinajstić information content (AvgIpc) is 2.87. The molecule has 0 aliphatic rings. The van der Waals surface area contributed by atoms with E-state index >= 15 is 0 Å². The summed E-state index contributed by atoms with van der Waals surface area (Å²) in [6.45, 7) is 5.87. The Hall–Kier alpha value is -2.06. The maximum Gasteiger partial charge on any atom is 0.0537 e. The number of rotatable bonds is 3.